The van der Waals surface area contributed by atoms with Crippen molar-refractivity contribution in [3.8, 4) is 16.9 Å². The summed E-state index contributed by atoms with van der Waals surface area (Å²) >= 11 is 0. The molecule has 0 saturated carbocycles. The molecule has 5 heteroatoms. The Morgan fingerprint density at radius 3 is 2.81 bits per heavy atom. The SMILES string of the molecule is CCOc1ccccc1-c1c(N2CCCC2)cn[nH]c1=O. The summed E-state index contributed by atoms with van der Waals surface area (Å²) in [7, 11) is 0. The Morgan fingerprint density at radius 2 is 2.05 bits per heavy atom. The van der Waals surface area contributed by atoms with E-state index in [1.807, 2.05) is 31.2 Å². The molecule has 1 fully saturated rings. The van der Waals surface area contributed by atoms with Crippen LogP contribution in [0.4, 0.5) is 5.69 Å². The smallest absolute Gasteiger partial charge is 0.274 e. The van der Waals surface area contributed by atoms with Crippen LogP contribution in [0.1, 0.15) is 19.8 Å². The Balaban J connectivity index is 2.15. The lowest BCUT2D eigenvalue weighted by Gasteiger charge is -2.21. The van der Waals surface area contributed by atoms with E-state index in [1.54, 1.807) is 6.20 Å². The van der Waals surface area contributed by atoms with Crippen molar-refractivity contribution in [3.05, 3.63) is 40.8 Å². The standard InChI is InChI=1S/C16H19N3O2/c1-2-21-14-8-4-3-7-12(14)15-13(11-17-18-16(15)20)19-9-5-6-10-19/h3-4,7-8,11H,2,5-6,9-10H2,1H3,(H,18,20). The summed E-state index contributed by atoms with van der Waals surface area (Å²) in [6, 6.07) is 7.66. The largest absolute Gasteiger partial charge is 0.493 e. The van der Waals surface area contributed by atoms with E-state index >= 15 is 0 Å². The predicted molar refractivity (Wildman–Crippen MR) is 82.9 cm³/mol. The monoisotopic (exact) mass is 285 g/mol. The molecule has 0 amide bonds. The fourth-order valence-electron chi connectivity index (χ4n) is 2.80. The first-order valence-corrected chi connectivity index (χ1v) is 7.36. The van der Waals surface area contributed by atoms with Crippen LogP contribution in [-0.2, 0) is 0 Å². The molecule has 1 N–H and O–H groups in total. The summed E-state index contributed by atoms with van der Waals surface area (Å²) in [6.45, 7) is 4.44. The van der Waals surface area contributed by atoms with E-state index in [9.17, 15) is 4.79 Å². The molecule has 2 aromatic rings. The van der Waals surface area contributed by atoms with Gasteiger partial charge in [-0.05, 0) is 25.8 Å². The zero-order valence-electron chi connectivity index (χ0n) is 12.1. The van der Waals surface area contributed by atoms with Gasteiger partial charge in [-0.25, -0.2) is 5.10 Å². The van der Waals surface area contributed by atoms with Gasteiger partial charge >= 0.3 is 0 Å². The summed E-state index contributed by atoms with van der Waals surface area (Å²) in [4.78, 5) is 14.6. The zero-order chi connectivity index (χ0) is 14.7. The van der Waals surface area contributed by atoms with Crippen LogP contribution in [0.25, 0.3) is 11.1 Å². The van der Waals surface area contributed by atoms with Crippen LogP contribution in [0, 0.1) is 0 Å². The Morgan fingerprint density at radius 1 is 1.29 bits per heavy atom. The molecule has 2 heterocycles. The van der Waals surface area contributed by atoms with Crippen molar-refractivity contribution in [2.45, 2.75) is 19.8 Å². The molecule has 0 bridgehead atoms. The highest BCUT2D eigenvalue weighted by molar-refractivity contribution is 5.81. The van der Waals surface area contributed by atoms with Crippen molar-refractivity contribution in [1.29, 1.82) is 0 Å². The second-order valence-corrected chi connectivity index (χ2v) is 5.08. The van der Waals surface area contributed by atoms with Gasteiger partial charge in [0.1, 0.15) is 5.75 Å². The van der Waals surface area contributed by atoms with Gasteiger partial charge in [-0.1, -0.05) is 18.2 Å². The van der Waals surface area contributed by atoms with Crippen LogP contribution in [0.5, 0.6) is 5.75 Å². The Hall–Kier alpha value is -2.30. The molecule has 21 heavy (non-hydrogen) atoms. The van der Waals surface area contributed by atoms with Crippen molar-refractivity contribution >= 4 is 5.69 Å². The Labute approximate surface area is 123 Å². The molecule has 0 atom stereocenters. The number of H-pyrrole nitrogens is 1. The van der Waals surface area contributed by atoms with Gasteiger partial charge in [0.2, 0.25) is 0 Å². The Kier molecular flexibility index (Phi) is 3.90. The Bertz CT molecular complexity index is 675. The van der Waals surface area contributed by atoms with E-state index in [1.165, 1.54) is 0 Å². The topological polar surface area (TPSA) is 58.2 Å². The quantitative estimate of drug-likeness (QED) is 0.937. The number of nitrogens with one attached hydrogen (secondary N) is 1. The first-order valence-electron chi connectivity index (χ1n) is 7.36. The molecule has 1 aromatic heterocycles. The van der Waals surface area contributed by atoms with Crippen LogP contribution in [0.2, 0.25) is 0 Å². The molecule has 1 aliphatic heterocycles. The molecule has 1 saturated heterocycles. The molecule has 1 aromatic carbocycles. The van der Waals surface area contributed by atoms with Gasteiger partial charge in [0, 0.05) is 18.7 Å². The normalized spacial score (nSPS) is 14.4. The molecule has 1 aliphatic rings. The maximum atomic E-state index is 12.4. The van der Waals surface area contributed by atoms with E-state index in [2.05, 4.69) is 15.1 Å². The number of benzene rings is 1. The van der Waals surface area contributed by atoms with Gasteiger partial charge in [0.15, 0.2) is 0 Å². The molecule has 0 unspecified atom stereocenters. The summed E-state index contributed by atoms with van der Waals surface area (Å²) in [5.41, 5.74) is 2.19. The van der Waals surface area contributed by atoms with Crippen molar-refractivity contribution in [1.82, 2.24) is 10.2 Å². The lowest BCUT2D eigenvalue weighted by Crippen LogP contribution is -2.23. The summed E-state index contributed by atoms with van der Waals surface area (Å²) in [5.74, 6) is 0.733. The number of ether oxygens (including phenoxy) is 1. The molecule has 0 aliphatic carbocycles. The number of aromatic nitrogens is 2. The van der Waals surface area contributed by atoms with Gasteiger partial charge in [0.25, 0.3) is 5.56 Å². The highest BCUT2D eigenvalue weighted by atomic mass is 16.5. The molecule has 0 radical (unpaired) electrons. The number of rotatable bonds is 4. The van der Waals surface area contributed by atoms with Crippen LogP contribution in [0.3, 0.4) is 0 Å². The maximum absolute atomic E-state index is 12.4. The number of nitrogens with zero attached hydrogens (tertiary/aromatic N) is 2. The van der Waals surface area contributed by atoms with Gasteiger partial charge in [-0.2, -0.15) is 5.10 Å². The molecular formula is C16H19N3O2. The van der Waals surface area contributed by atoms with Crippen LogP contribution in [-0.4, -0.2) is 29.9 Å². The van der Waals surface area contributed by atoms with Gasteiger partial charge in [0.05, 0.1) is 24.1 Å². The third-order valence-corrected chi connectivity index (χ3v) is 3.74. The summed E-state index contributed by atoms with van der Waals surface area (Å²) < 4.78 is 5.67. The third kappa shape index (κ3) is 2.63. The summed E-state index contributed by atoms with van der Waals surface area (Å²) in [5, 5.41) is 6.51. The fourth-order valence-corrected chi connectivity index (χ4v) is 2.80. The van der Waals surface area contributed by atoms with E-state index in [-0.39, 0.29) is 5.56 Å². The minimum atomic E-state index is -0.174. The highest BCUT2D eigenvalue weighted by Gasteiger charge is 2.21. The minimum absolute atomic E-state index is 0.174. The lowest BCUT2D eigenvalue weighted by atomic mass is 10.0. The average molecular weight is 285 g/mol. The number of aromatic amines is 1. The average Bonchev–Trinajstić information content (AvgIpc) is 3.02. The van der Waals surface area contributed by atoms with Crippen molar-refractivity contribution in [2.24, 2.45) is 0 Å². The van der Waals surface area contributed by atoms with E-state index in [0.717, 1.165) is 42.9 Å². The fraction of sp³-hybridized carbons (Fsp3) is 0.375. The molecular weight excluding hydrogens is 266 g/mol. The van der Waals surface area contributed by atoms with E-state index in [4.69, 9.17) is 4.74 Å². The second kappa shape index (κ2) is 5.99. The lowest BCUT2D eigenvalue weighted by molar-refractivity contribution is 0.341. The van der Waals surface area contributed by atoms with E-state index < -0.39 is 0 Å². The number of para-hydroxylation sites is 1. The zero-order valence-corrected chi connectivity index (χ0v) is 12.1. The maximum Gasteiger partial charge on any atom is 0.274 e. The van der Waals surface area contributed by atoms with Crippen molar-refractivity contribution in [2.75, 3.05) is 24.6 Å². The van der Waals surface area contributed by atoms with Gasteiger partial charge < -0.3 is 9.64 Å². The second-order valence-electron chi connectivity index (χ2n) is 5.08. The molecule has 0 spiro atoms. The van der Waals surface area contributed by atoms with Crippen molar-refractivity contribution in [3.63, 3.8) is 0 Å². The first-order chi connectivity index (χ1) is 10.3. The molecule has 5 nitrogen and oxygen atoms in total. The van der Waals surface area contributed by atoms with Gasteiger partial charge in [-0.3, -0.25) is 4.79 Å². The predicted octanol–water partition coefficient (Wildman–Crippen LogP) is 2.44. The molecule has 3 rings (SSSR count). The number of hydrogen-bond donors (Lipinski definition) is 1. The molecule has 110 valence electrons. The third-order valence-electron chi connectivity index (χ3n) is 3.74. The number of anilines is 1. The highest BCUT2D eigenvalue weighted by Crippen LogP contribution is 2.34. The summed E-state index contributed by atoms with van der Waals surface area (Å²) in [6.07, 6.45) is 4.05. The minimum Gasteiger partial charge on any atom is -0.493 e. The van der Waals surface area contributed by atoms with E-state index in [0.29, 0.717) is 12.2 Å². The number of hydrogen-bond acceptors (Lipinski definition) is 4. The van der Waals surface area contributed by atoms with Crippen LogP contribution >= 0.6 is 0 Å². The first kappa shape index (κ1) is 13.7. The van der Waals surface area contributed by atoms with Crippen molar-refractivity contribution < 1.29 is 4.74 Å². The van der Waals surface area contributed by atoms with Gasteiger partial charge in [-0.15, -0.1) is 0 Å². The van der Waals surface area contributed by atoms with Crippen LogP contribution < -0.4 is 15.2 Å². The van der Waals surface area contributed by atoms with Crippen LogP contribution in [0.15, 0.2) is 35.3 Å².